The lowest BCUT2D eigenvalue weighted by atomic mass is 10.1. The Labute approximate surface area is 134 Å². The van der Waals surface area contributed by atoms with E-state index in [1.165, 1.54) is 0 Å². The van der Waals surface area contributed by atoms with Crippen molar-refractivity contribution in [1.29, 1.82) is 0 Å². The van der Waals surface area contributed by atoms with E-state index in [9.17, 15) is 0 Å². The molecule has 0 bridgehead atoms. The van der Waals surface area contributed by atoms with Crippen LogP contribution in [0.3, 0.4) is 0 Å². The van der Waals surface area contributed by atoms with E-state index in [-0.39, 0.29) is 0 Å². The number of anilines is 2. The van der Waals surface area contributed by atoms with E-state index in [2.05, 4.69) is 20.3 Å². The zero-order valence-corrected chi connectivity index (χ0v) is 13.1. The number of hydrogen-bond donors (Lipinski definition) is 1. The molecule has 4 nitrogen and oxygen atoms in total. The second-order valence-corrected chi connectivity index (χ2v) is 5.48. The second kappa shape index (κ2) is 6.12. The van der Waals surface area contributed by atoms with E-state index in [1.54, 1.807) is 6.20 Å². The first-order valence-electron chi connectivity index (χ1n) is 6.91. The third-order valence-corrected chi connectivity index (χ3v) is 3.49. The summed E-state index contributed by atoms with van der Waals surface area (Å²) in [5.41, 5.74) is 4.82. The van der Waals surface area contributed by atoms with Crippen LogP contribution < -0.4 is 5.32 Å². The molecule has 0 aliphatic rings. The van der Waals surface area contributed by atoms with Gasteiger partial charge >= 0.3 is 0 Å². The Balaban J connectivity index is 1.94. The van der Waals surface area contributed by atoms with E-state index >= 15 is 0 Å². The molecule has 0 unspecified atom stereocenters. The SMILES string of the molecule is Cc1cc(-c2ccnc(Nc3cccc(Cl)c3)n2)c(C)cn1. The number of halogens is 1. The predicted octanol–water partition coefficient (Wildman–Crippen LogP) is 4.55. The third-order valence-electron chi connectivity index (χ3n) is 3.25. The first-order chi connectivity index (χ1) is 10.6. The van der Waals surface area contributed by atoms with Crippen molar-refractivity contribution in [3.8, 4) is 11.3 Å². The normalized spacial score (nSPS) is 10.5. The van der Waals surface area contributed by atoms with Gasteiger partial charge in [0.05, 0.1) is 5.69 Å². The van der Waals surface area contributed by atoms with E-state index in [1.807, 2.05) is 56.4 Å². The van der Waals surface area contributed by atoms with Crippen molar-refractivity contribution >= 4 is 23.2 Å². The highest BCUT2D eigenvalue weighted by molar-refractivity contribution is 6.30. The van der Waals surface area contributed by atoms with Gasteiger partial charge in [0.15, 0.2) is 0 Å². The van der Waals surface area contributed by atoms with E-state index < -0.39 is 0 Å². The highest BCUT2D eigenvalue weighted by Gasteiger charge is 2.07. The summed E-state index contributed by atoms with van der Waals surface area (Å²) in [4.78, 5) is 13.1. The number of pyridine rings is 1. The summed E-state index contributed by atoms with van der Waals surface area (Å²) < 4.78 is 0. The van der Waals surface area contributed by atoms with Gasteiger partial charge in [-0.1, -0.05) is 17.7 Å². The number of nitrogens with zero attached hydrogens (tertiary/aromatic N) is 3. The van der Waals surface area contributed by atoms with Crippen molar-refractivity contribution in [3.05, 3.63) is 65.1 Å². The van der Waals surface area contributed by atoms with Gasteiger partial charge in [0.1, 0.15) is 0 Å². The standard InChI is InChI=1S/C17H15ClN4/c1-11-10-20-12(2)8-15(11)16-6-7-19-17(22-16)21-14-5-3-4-13(18)9-14/h3-10H,1-2H3,(H,19,21,22). The summed E-state index contributed by atoms with van der Waals surface area (Å²) in [5, 5.41) is 3.83. The molecule has 2 heterocycles. The van der Waals surface area contributed by atoms with Crippen LogP contribution >= 0.6 is 11.6 Å². The van der Waals surface area contributed by atoms with Crippen LogP contribution in [0.25, 0.3) is 11.3 Å². The zero-order valence-electron chi connectivity index (χ0n) is 12.3. The molecule has 0 spiro atoms. The lowest BCUT2D eigenvalue weighted by Gasteiger charge is -2.09. The molecule has 3 rings (SSSR count). The van der Waals surface area contributed by atoms with Crippen LogP contribution in [0.5, 0.6) is 0 Å². The Morgan fingerprint density at radius 1 is 1.05 bits per heavy atom. The Bertz CT molecular complexity index is 817. The molecule has 22 heavy (non-hydrogen) atoms. The molecule has 0 amide bonds. The maximum absolute atomic E-state index is 5.99. The van der Waals surface area contributed by atoms with Gasteiger partial charge in [-0.2, -0.15) is 0 Å². The summed E-state index contributed by atoms with van der Waals surface area (Å²) in [6.45, 7) is 3.99. The predicted molar refractivity (Wildman–Crippen MR) is 89.5 cm³/mol. The van der Waals surface area contributed by atoms with Gasteiger partial charge in [-0.05, 0) is 49.7 Å². The van der Waals surface area contributed by atoms with E-state index in [4.69, 9.17) is 11.6 Å². The fraction of sp³-hybridized carbons (Fsp3) is 0.118. The number of aryl methyl sites for hydroxylation is 2. The minimum Gasteiger partial charge on any atom is -0.324 e. The molecule has 110 valence electrons. The Kier molecular flexibility index (Phi) is 4.02. The van der Waals surface area contributed by atoms with Crippen molar-refractivity contribution in [2.45, 2.75) is 13.8 Å². The van der Waals surface area contributed by atoms with E-state index in [0.29, 0.717) is 11.0 Å². The molecule has 0 saturated heterocycles. The fourth-order valence-corrected chi connectivity index (χ4v) is 2.36. The summed E-state index contributed by atoms with van der Waals surface area (Å²) in [6, 6.07) is 11.4. The van der Waals surface area contributed by atoms with Crippen LogP contribution in [0.1, 0.15) is 11.3 Å². The molecule has 0 saturated carbocycles. The van der Waals surface area contributed by atoms with Crippen molar-refractivity contribution < 1.29 is 0 Å². The molecule has 5 heteroatoms. The topological polar surface area (TPSA) is 50.7 Å². The van der Waals surface area contributed by atoms with Crippen molar-refractivity contribution in [2.75, 3.05) is 5.32 Å². The van der Waals surface area contributed by atoms with Gasteiger partial charge in [0, 0.05) is 34.4 Å². The lowest BCUT2D eigenvalue weighted by Crippen LogP contribution is -1.99. The first kappa shape index (κ1) is 14.5. The van der Waals surface area contributed by atoms with Gasteiger partial charge < -0.3 is 5.32 Å². The molecule has 0 aliphatic heterocycles. The number of rotatable bonds is 3. The van der Waals surface area contributed by atoms with Crippen LogP contribution in [0, 0.1) is 13.8 Å². The molecule has 0 atom stereocenters. The van der Waals surface area contributed by atoms with Gasteiger partial charge in [-0.25, -0.2) is 9.97 Å². The smallest absolute Gasteiger partial charge is 0.227 e. The second-order valence-electron chi connectivity index (χ2n) is 5.04. The molecule has 1 aromatic carbocycles. The minimum atomic E-state index is 0.536. The molecule has 3 aromatic rings. The summed E-state index contributed by atoms with van der Waals surface area (Å²) >= 11 is 5.99. The molecule has 0 fully saturated rings. The molecule has 2 aromatic heterocycles. The largest absolute Gasteiger partial charge is 0.324 e. The maximum Gasteiger partial charge on any atom is 0.227 e. The van der Waals surface area contributed by atoms with Gasteiger partial charge in [0.25, 0.3) is 0 Å². The van der Waals surface area contributed by atoms with Crippen LogP contribution in [0.15, 0.2) is 48.8 Å². The average Bonchev–Trinajstić information content (AvgIpc) is 2.50. The third kappa shape index (κ3) is 3.23. The summed E-state index contributed by atoms with van der Waals surface area (Å²) in [5.74, 6) is 0.536. The van der Waals surface area contributed by atoms with Crippen LogP contribution in [-0.4, -0.2) is 15.0 Å². The fourth-order valence-electron chi connectivity index (χ4n) is 2.17. The molecule has 0 radical (unpaired) electrons. The van der Waals surface area contributed by atoms with Crippen LogP contribution in [-0.2, 0) is 0 Å². The van der Waals surface area contributed by atoms with Crippen molar-refractivity contribution in [2.24, 2.45) is 0 Å². The van der Waals surface area contributed by atoms with Crippen molar-refractivity contribution in [3.63, 3.8) is 0 Å². The molecular weight excluding hydrogens is 296 g/mol. The number of benzene rings is 1. The van der Waals surface area contributed by atoms with Crippen molar-refractivity contribution in [1.82, 2.24) is 15.0 Å². The number of aromatic nitrogens is 3. The van der Waals surface area contributed by atoms with Gasteiger partial charge in [0.2, 0.25) is 5.95 Å². The summed E-state index contributed by atoms with van der Waals surface area (Å²) in [6.07, 6.45) is 3.60. The first-order valence-corrected chi connectivity index (χ1v) is 7.29. The quantitative estimate of drug-likeness (QED) is 0.771. The molecular formula is C17H15ClN4. The Morgan fingerprint density at radius 3 is 2.73 bits per heavy atom. The minimum absolute atomic E-state index is 0.536. The number of nitrogens with one attached hydrogen (secondary N) is 1. The monoisotopic (exact) mass is 310 g/mol. The maximum atomic E-state index is 5.99. The lowest BCUT2D eigenvalue weighted by molar-refractivity contribution is 1.14. The van der Waals surface area contributed by atoms with E-state index in [0.717, 1.165) is 28.2 Å². The van der Waals surface area contributed by atoms with Gasteiger partial charge in [-0.3, -0.25) is 4.98 Å². The Morgan fingerprint density at radius 2 is 1.91 bits per heavy atom. The van der Waals surface area contributed by atoms with Crippen LogP contribution in [0.4, 0.5) is 11.6 Å². The Hall–Kier alpha value is -2.46. The molecule has 0 aliphatic carbocycles. The average molecular weight is 311 g/mol. The number of hydrogen-bond acceptors (Lipinski definition) is 4. The highest BCUT2D eigenvalue weighted by atomic mass is 35.5. The summed E-state index contributed by atoms with van der Waals surface area (Å²) in [7, 11) is 0. The zero-order chi connectivity index (χ0) is 15.5. The highest BCUT2D eigenvalue weighted by Crippen LogP contribution is 2.23. The van der Waals surface area contributed by atoms with Crippen LogP contribution in [0.2, 0.25) is 5.02 Å². The van der Waals surface area contributed by atoms with Gasteiger partial charge in [-0.15, -0.1) is 0 Å². The molecule has 1 N–H and O–H groups in total.